The normalized spacial score (nSPS) is 15.6. The Balaban J connectivity index is 1.66. The predicted molar refractivity (Wildman–Crippen MR) is 85.1 cm³/mol. The Bertz CT molecular complexity index is 678. The van der Waals surface area contributed by atoms with Gasteiger partial charge in [0.1, 0.15) is 5.03 Å². The zero-order valence-corrected chi connectivity index (χ0v) is 13.7. The molecule has 1 fully saturated rings. The molecule has 116 valence electrons. The lowest BCUT2D eigenvalue weighted by Gasteiger charge is -2.10. The molecule has 1 aliphatic carbocycles. The van der Waals surface area contributed by atoms with E-state index in [0.29, 0.717) is 11.9 Å². The van der Waals surface area contributed by atoms with Crippen LogP contribution in [0, 0.1) is 13.8 Å². The van der Waals surface area contributed by atoms with E-state index >= 15 is 0 Å². The van der Waals surface area contributed by atoms with Crippen molar-refractivity contribution < 1.29 is 4.79 Å². The van der Waals surface area contributed by atoms with E-state index in [1.54, 1.807) is 4.68 Å². The zero-order valence-electron chi connectivity index (χ0n) is 12.9. The van der Waals surface area contributed by atoms with Crippen LogP contribution in [0.2, 0.25) is 0 Å². The van der Waals surface area contributed by atoms with Gasteiger partial charge < -0.3 is 5.32 Å². The Labute approximate surface area is 133 Å². The van der Waals surface area contributed by atoms with E-state index < -0.39 is 0 Å². The molecule has 6 nitrogen and oxygen atoms in total. The summed E-state index contributed by atoms with van der Waals surface area (Å²) in [6.07, 6.45) is 2.19. The predicted octanol–water partition coefficient (Wildman–Crippen LogP) is 2.04. The summed E-state index contributed by atoms with van der Waals surface area (Å²) in [5, 5.41) is 16.4. The van der Waals surface area contributed by atoms with E-state index in [-0.39, 0.29) is 11.2 Å². The van der Waals surface area contributed by atoms with Gasteiger partial charge in [0.25, 0.3) is 0 Å². The molecule has 0 unspecified atom stereocenters. The standard InChI is InChI=1S/C15H19N5OS/c1-9-8-10(2)20(19-9)13-6-7-14(18-17-13)22-11(3)15(21)16-12-4-5-12/h6-8,11-12H,4-5H2,1-3H3,(H,16,21)/t11-/m0/s1. The number of carbonyl (C=O) groups excluding carboxylic acids is 1. The Kier molecular flexibility index (Phi) is 4.15. The van der Waals surface area contributed by atoms with Crippen LogP contribution in [0.5, 0.6) is 0 Å². The Hall–Kier alpha value is -1.89. The monoisotopic (exact) mass is 317 g/mol. The van der Waals surface area contributed by atoms with Gasteiger partial charge in [-0.1, -0.05) is 11.8 Å². The van der Waals surface area contributed by atoms with Gasteiger partial charge in [-0.3, -0.25) is 4.79 Å². The van der Waals surface area contributed by atoms with Crippen LogP contribution >= 0.6 is 11.8 Å². The van der Waals surface area contributed by atoms with Gasteiger partial charge in [0, 0.05) is 11.7 Å². The fourth-order valence-corrected chi connectivity index (χ4v) is 2.90. The molecule has 1 amide bonds. The van der Waals surface area contributed by atoms with Crippen LogP contribution in [0.4, 0.5) is 0 Å². The highest BCUT2D eigenvalue weighted by molar-refractivity contribution is 8.00. The van der Waals surface area contributed by atoms with Crippen molar-refractivity contribution in [3.8, 4) is 5.82 Å². The van der Waals surface area contributed by atoms with Crippen molar-refractivity contribution in [3.05, 3.63) is 29.6 Å². The molecule has 0 spiro atoms. The fourth-order valence-electron chi connectivity index (χ4n) is 2.13. The van der Waals surface area contributed by atoms with Gasteiger partial charge in [-0.25, -0.2) is 4.68 Å². The maximum Gasteiger partial charge on any atom is 0.233 e. The number of nitrogens with one attached hydrogen (secondary N) is 1. The molecule has 2 heterocycles. The molecule has 0 bridgehead atoms. The minimum absolute atomic E-state index is 0.0666. The average Bonchev–Trinajstić information content (AvgIpc) is 3.23. The molecule has 7 heteroatoms. The number of amides is 1. The lowest BCUT2D eigenvalue weighted by Crippen LogP contribution is -2.32. The first kappa shape index (κ1) is 15.0. The SMILES string of the molecule is Cc1cc(C)n(-c2ccc(S[C@@H](C)C(=O)NC3CC3)nn2)n1. The molecule has 0 saturated heterocycles. The highest BCUT2D eigenvalue weighted by Gasteiger charge is 2.26. The Morgan fingerprint density at radius 3 is 2.68 bits per heavy atom. The maximum atomic E-state index is 11.9. The molecule has 2 aromatic rings. The lowest BCUT2D eigenvalue weighted by molar-refractivity contribution is -0.120. The summed E-state index contributed by atoms with van der Waals surface area (Å²) in [7, 11) is 0. The summed E-state index contributed by atoms with van der Waals surface area (Å²) < 4.78 is 1.76. The fraction of sp³-hybridized carbons (Fsp3) is 0.467. The summed E-state index contributed by atoms with van der Waals surface area (Å²) in [5.74, 6) is 0.752. The van der Waals surface area contributed by atoms with E-state index in [1.165, 1.54) is 11.8 Å². The van der Waals surface area contributed by atoms with Crippen molar-refractivity contribution in [1.29, 1.82) is 0 Å². The third kappa shape index (κ3) is 3.47. The third-order valence-electron chi connectivity index (χ3n) is 3.44. The van der Waals surface area contributed by atoms with Gasteiger partial charge in [0.15, 0.2) is 5.82 Å². The minimum atomic E-state index is -0.172. The van der Waals surface area contributed by atoms with E-state index in [9.17, 15) is 4.79 Å². The molecule has 2 aromatic heterocycles. The molecule has 0 aromatic carbocycles. The summed E-state index contributed by atoms with van der Waals surface area (Å²) >= 11 is 1.42. The van der Waals surface area contributed by atoms with Crippen LogP contribution < -0.4 is 5.32 Å². The van der Waals surface area contributed by atoms with Crippen molar-refractivity contribution >= 4 is 17.7 Å². The summed E-state index contributed by atoms with van der Waals surface area (Å²) in [6, 6.07) is 6.13. The van der Waals surface area contributed by atoms with Crippen molar-refractivity contribution in [2.24, 2.45) is 0 Å². The first-order valence-electron chi connectivity index (χ1n) is 7.37. The quantitative estimate of drug-likeness (QED) is 0.854. The van der Waals surface area contributed by atoms with E-state index in [2.05, 4.69) is 20.6 Å². The molecule has 1 saturated carbocycles. The minimum Gasteiger partial charge on any atom is -0.352 e. The van der Waals surface area contributed by atoms with Crippen LogP contribution in [0.1, 0.15) is 31.2 Å². The molecule has 1 aliphatic rings. The van der Waals surface area contributed by atoms with Crippen molar-refractivity contribution in [1.82, 2.24) is 25.3 Å². The molecule has 22 heavy (non-hydrogen) atoms. The molecule has 0 radical (unpaired) electrons. The second kappa shape index (κ2) is 6.08. The van der Waals surface area contributed by atoms with Crippen LogP contribution in [-0.2, 0) is 4.79 Å². The van der Waals surface area contributed by atoms with E-state index in [1.807, 2.05) is 39.0 Å². The molecular weight excluding hydrogens is 298 g/mol. The Morgan fingerprint density at radius 2 is 2.14 bits per heavy atom. The molecule has 1 atom stereocenters. The molecule has 0 aliphatic heterocycles. The maximum absolute atomic E-state index is 11.9. The second-order valence-corrected chi connectivity index (χ2v) is 6.97. The van der Waals surface area contributed by atoms with Gasteiger partial charge in [-0.2, -0.15) is 5.10 Å². The highest BCUT2D eigenvalue weighted by Crippen LogP contribution is 2.24. The lowest BCUT2D eigenvalue weighted by atomic mass is 10.4. The van der Waals surface area contributed by atoms with Crippen LogP contribution in [0.3, 0.4) is 0 Å². The number of hydrogen-bond donors (Lipinski definition) is 1. The van der Waals surface area contributed by atoms with Gasteiger partial charge >= 0.3 is 0 Å². The third-order valence-corrected chi connectivity index (χ3v) is 4.47. The first-order chi connectivity index (χ1) is 10.5. The van der Waals surface area contributed by atoms with Gasteiger partial charge in [-0.05, 0) is 51.8 Å². The van der Waals surface area contributed by atoms with Crippen LogP contribution in [-0.4, -0.2) is 37.2 Å². The zero-order chi connectivity index (χ0) is 15.7. The number of aromatic nitrogens is 4. The van der Waals surface area contributed by atoms with E-state index in [0.717, 1.165) is 29.3 Å². The van der Waals surface area contributed by atoms with Crippen molar-refractivity contribution in [2.75, 3.05) is 0 Å². The number of thioether (sulfide) groups is 1. The number of nitrogens with zero attached hydrogens (tertiary/aromatic N) is 4. The average molecular weight is 317 g/mol. The molecular formula is C15H19N5OS. The van der Waals surface area contributed by atoms with Crippen molar-refractivity contribution in [3.63, 3.8) is 0 Å². The van der Waals surface area contributed by atoms with Gasteiger partial charge in [0.2, 0.25) is 5.91 Å². The number of rotatable bonds is 5. The topological polar surface area (TPSA) is 72.7 Å². The number of hydrogen-bond acceptors (Lipinski definition) is 5. The van der Waals surface area contributed by atoms with Crippen LogP contribution in [0.25, 0.3) is 5.82 Å². The van der Waals surface area contributed by atoms with Gasteiger partial charge in [-0.15, -0.1) is 10.2 Å². The molecule has 3 rings (SSSR count). The second-order valence-electron chi connectivity index (χ2n) is 5.61. The highest BCUT2D eigenvalue weighted by atomic mass is 32.2. The number of aryl methyl sites for hydroxylation is 2. The van der Waals surface area contributed by atoms with E-state index in [4.69, 9.17) is 0 Å². The largest absolute Gasteiger partial charge is 0.352 e. The summed E-state index contributed by atoms with van der Waals surface area (Å²) in [6.45, 7) is 5.81. The first-order valence-corrected chi connectivity index (χ1v) is 8.25. The van der Waals surface area contributed by atoms with Gasteiger partial charge in [0.05, 0.1) is 10.9 Å². The summed E-state index contributed by atoms with van der Waals surface area (Å²) in [5.41, 5.74) is 1.97. The van der Waals surface area contributed by atoms with Crippen molar-refractivity contribution in [2.45, 2.75) is 49.9 Å². The Morgan fingerprint density at radius 1 is 1.36 bits per heavy atom. The summed E-state index contributed by atoms with van der Waals surface area (Å²) in [4.78, 5) is 11.9. The smallest absolute Gasteiger partial charge is 0.233 e. The van der Waals surface area contributed by atoms with Crippen LogP contribution in [0.15, 0.2) is 23.2 Å². The number of carbonyl (C=O) groups is 1. The molecule has 1 N–H and O–H groups in total.